The van der Waals surface area contributed by atoms with E-state index in [1.807, 2.05) is 30.3 Å². The molecule has 0 fully saturated rings. The van der Waals surface area contributed by atoms with Crippen molar-refractivity contribution in [2.24, 2.45) is 0 Å². The van der Waals surface area contributed by atoms with Crippen molar-refractivity contribution in [3.8, 4) is 5.75 Å². The minimum atomic E-state index is 0.626. The second kappa shape index (κ2) is 7.15. The van der Waals surface area contributed by atoms with E-state index in [1.54, 1.807) is 0 Å². The number of alkyl halides is 1. The maximum absolute atomic E-state index is 5.43. The first kappa shape index (κ1) is 10.8. The molecule has 0 bridgehead atoms. The Morgan fingerprint density at radius 2 is 1.77 bits per heavy atom. The summed E-state index contributed by atoms with van der Waals surface area (Å²) in [4.78, 5) is 0. The minimum Gasteiger partial charge on any atom is -0.491 e. The average molecular weight is 292 g/mol. The molecule has 13 heavy (non-hydrogen) atoms. The van der Waals surface area contributed by atoms with Crippen molar-refractivity contribution in [2.45, 2.75) is 0 Å². The van der Waals surface area contributed by atoms with E-state index in [0.717, 1.165) is 16.8 Å². The molecule has 3 heteroatoms. The van der Waals surface area contributed by atoms with Crippen molar-refractivity contribution in [1.82, 2.24) is 0 Å². The molecule has 1 rings (SSSR count). The van der Waals surface area contributed by atoms with Crippen LogP contribution >= 0.6 is 22.6 Å². The van der Waals surface area contributed by atoms with E-state index in [4.69, 9.17) is 9.47 Å². The molecule has 0 aliphatic carbocycles. The van der Waals surface area contributed by atoms with Crippen LogP contribution in [0.15, 0.2) is 30.3 Å². The van der Waals surface area contributed by atoms with Crippen LogP contribution in [-0.4, -0.2) is 24.2 Å². The van der Waals surface area contributed by atoms with Crippen molar-refractivity contribution in [2.75, 3.05) is 24.2 Å². The summed E-state index contributed by atoms with van der Waals surface area (Å²) in [6.45, 7) is 2.09. The lowest BCUT2D eigenvalue weighted by molar-refractivity contribution is 0.113. The van der Waals surface area contributed by atoms with E-state index >= 15 is 0 Å². The van der Waals surface area contributed by atoms with Crippen LogP contribution < -0.4 is 4.74 Å². The van der Waals surface area contributed by atoms with Gasteiger partial charge in [0.05, 0.1) is 13.2 Å². The van der Waals surface area contributed by atoms with Crippen molar-refractivity contribution in [3.05, 3.63) is 30.3 Å². The third-order valence-corrected chi connectivity index (χ3v) is 1.90. The number of hydrogen-bond donors (Lipinski definition) is 0. The highest BCUT2D eigenvalue weighted by Crippen LogP contribution is 2.07. The number of hydrogen-bond acceptors (Lipinski definition) is 2. The van der Waals surface area contributed by atoms with Gasteiger partial charge in [0.15, 0.2) is 0 Å². The van der Waals surface area contributed by atoms with Crippen molar-refractivity contribution in [1.29, 1.82) is 0 Å². The highest BCUT2D eigenvalue weighted by atomic mass is 127. The lowest BCUT2D eigenvalue weighted by Crippen LogP contribution is -2.07. The molecule has 0 aliphatic rings. The topological polar surface area (TPSA) is 18.5 Å². The predicted octanol–water partition coefficient (Wildman–Crippen LogP) is 2.52. The van der Waals surface area contributed by atoms with Crippen LogP contribution in [0.1, 0.15) is 0 Å². The van der Waals surface area contributed by atoms with Gasteiger partial charge >= 0.3 is 0 Å². The first-order valence-electron chi connectivity index (χ1n) is 4.25. The number of para-hydroxylation sites is 1. The largest absolute Gasteiger partial charge is 0.491 e. The fourth-order valence-electron chi connectivity index (χ4n) is 0.892. The van der Waals surface area contributed by atoms with Crippen molar-refractivity contribution >= 4 is 22.6 Å². The first-order chi connectivity index (χ1) is 6.43. The Morgan fingerprint density at radius 3 is 2.46 bits per heavy atom. The van der Waals surface area contributed by atoms with Gasteiger partial charge in [-0.05, 0) is 12.1 Å². The van der Waals surface area contributed by atoms with E-state index in [0.29, 0.717) is 13.2 Å². The van der Waals surface area contributed by atoms with Crippen LogP contribution in [0.4, 0.5) is 0 Å². The fourth-order valence-corrected chi connectivity index (χ4v) is 1.20. The Labute approximate surface area is 92.4 Å². The van der Waals surface area contributed by atoms with E-state index in [-0.39, 0.29) is 0 Å². The minimum absolute atomic E-state index is 0.626. The molecule has 72 valence electrons. The first-order valence-corrected chi connectivity index (χ1v) is 5.77. The summed E-state index contributed by atoms with van der Waals surface area (Å²) in [6, 6.07) is 9.78. The van der Waals surface area contributed by atoms with Gasteiger partial charge < -0.3 is 9.47 Å². The Hall–Kier alpha value is -0.290. The summed E-state index contributed by atoms with van der Waals surface area (Å²) in [7, 11) is 0. The molecule has 0 atom stereocenters. The molecule has 0 spiro atoms. The van der Waals surface area contributed by atoms with Crippen LogP contribution in [0, 0.1) is 0 Å². The summed E-state index contributed by atoms with van der Waals surface area (Å²) in [5.74, 6) is 0.903. The fraction of sp³-hybridized carbons (Fsp3) is 0.400. The molecule has 0 aromatic heterocycles. The van der Waals surface area contributed by atoms with Gasteiger partial charge in [-0.2, -0.15) is 0 Å². The zero-order chi connectivity index (χ0) is 9.36. The molecule has 0 heterocycles. The molecule has 0 radical (unpaired) electrons. The molecule has 0 aliphatic heterocycles. The maximum Gasteiger partial charge on any atom is 0.119 e. The van der Waals surface area contributed by atoms with Gasteiger partial charge in [0.1, 0.15) is 12.4 Å². The Bertz CT molecular complexity index is 213. The van der Waals surface area contributed by atoms with E-state index < -0.39 is 0 Å². The molecule has 0 N–H and O–H groups in total. The molecule has 1 aromatic carbocycles. The SMILES string of the molecule is ICCOCCOc1ccccc1. The van der Waals surface area contributed by atoms with Crippen LogP contribution in [-0.2, 0) is 4.74 Å². The maximum atomic E-state index is 5.43. The second-order valence-corrected chi connectivity index (χ2v) is 3.54. The van der Waals surface area contributed by atoms with Gasteiger partial charge in [-0.15, -0.1) is 0 Å². The standard InChI is InChI=1S/C10H13IO2/c11-6-7-12-8-9-13-10-4-2-1-3-5-10/h1-5H,6-9H2. The molecule has 1 aromatic rings. The molecule has 2 nitrogen and oxygen atoms in total. The number of rotatable bonds is 6. The van der Waals surface area contributed by atoms with Gasteiger partial charge in [0.2, 0.25) is 0 Å². The Kier molecular flexibility index (Phi) is 5.93. The van der Waals surface area contributed by atoms with Crippen molar-refractivity contribution < 1.29 is 9.47 Å². The lowest BCUT2D eigenvalue weighted by Gasteiger charge is -2.05. The second-order valence-electron chi connectivity index (χ2n) is 2.46. The Morgan fingerprint density at radius 1 is 1.00 bits per heavy atom. The predicted molar refractivity (Wildman–Crippen MR) is 61.6 cm³/mol. The average Bonchev–Trinajstić information content (AvgIpc) is 2.19. The zero-order valence-corrected chi connectivity index (χ0v) is 9.57. The van der Waals surface area contributed by atoms with Crippen LogP contribution in [0.2, 0.25) is 0 Å². The highest BCUT2D eigenvalue weighted by molar-refractivity contribution is 14.1. The third-order valence-electron chi connectivity index (χ3n) is 1.46. The van der Waals surface area contributed by atoms with Gasteiger partial charge in [-0.1, -0.05) is 40.8 Å². The molecule has 0 saturated heterocycles. The summed E-state index contributed by atoms with van der Waals surface area (Å²) in [6.07, 6.45) is 0. The normalized spacial score (nSPS) is 9.92. The molecule has 0 unspecified atom stereocenters. The van der Waals surface area contributed by atoms with E-state index in [2.05, 4.69) is 22.6 Å². The van der Waals surface area contributed by atoms with Crippen molar-refractivity contribution in [3.63, 3.8) is 0 Å². The number of benzene rings is 1. The number of halogens is 1. The quantitative estimate of drug-likeness (QED) is 0.456. The Balaban J connectivity index is 2.07. The summed E-state index contributed by atoms with van der Waals surface area (Å²) in [5, 5.41) is 0. The van der Waals surface area contributed by atoms with E-state index in [9.17, 15) is 0 Å². The van der Waals surface area contributed by atoms with Crippen LogP contribution in [0.5, 0.6) is 5.75 Å². The van der Waals surface area contributed by atoms with E-state index in [1.165, 1.54) is 0 Å². The van der Waals surface area contributed by atoms with Crippen LogP contribution in [0.3, 0.4) is 0 Å². The lowest BCUT2D eigenvalue weighted by atomic mass is 10.3. The summed E-state index contributed by atoms with van der Waals surface area (Å²) < 4.78 is 11.7. The highest BCUT2D eigenvalue weighted by Gasteiger charge is 1.90. The zero-order valence-electron chi connectivity index (χ0n) is 7.41. The third kappa shape index (κ3) is 5.10. The molecular weight excluding hydrogens is 279 g/mol. The molecule has 0 saturated carbocycles. The molecule has 0 amide bonds. The smallest absolute Gasteiger partial charge is 0.119 e. The summed E-state index contributed by atoms with van der Waals surface area (Å²) in [5.41, 5.74) is 0. The van der Waals surface area contributed by atoms with Gasteiger partial charge in [-0.25, -0.2) is 0 Å². The van der Waals surface area contributed by atoms with Gasteiger partial charge in [0.25, 0.3) is 0 Å². The van der Waals surface area contributed by atoms with Crippen LogP contribution in [0.25, 0.3) is 0 Å². The number of ether oxygens (including phenoxy) is 2. The van der Waals surface area contributed by atoms with Gasteiger partial charge in [0, 0.05) is 4.43 Å². The summed E-state index contributed by atoms with van der Waals surface area (Å²) >= 11 is 2.28. The molecular formula is C10H13IO2. The monoisotopic (exact) mass is 292 g/mol. The van der Waals surface area contributed by atoms with Gasteiger partial charge in [-0.3, -0.25) is 0 Å².